The van der Waals surface area contributed by atoms with Gasteiger partial charge in [-0.1, -0.05) is 224 Å². The molecule has 4 heterocycles. The molecule has 0 radical (unpaired) electrons. The summed E-state index contributed by atoms with van der Waals surface area (Å²) in [5.41, 5.74) is 13.2. The smallest absolute Gasteiger partial charge is 0.352 e. The molecule has 452 valence electrons. The Kier molecular flexibility index (Phi) is 16.9. The predicted molar refractivity (Wildman–Crippen MR) is 382 cm³/mol. The molecule has 0 amide bonds. The summed E-state index contributed by atoms with van der Waals surface area (Å²) in [5.74, 6) is 0. The Morgan fingerprint density at radius 2 is 0.598 bits per heavy atom. The highest BCUT2D eigenvalue weighted by Gasteiger charge is 2.42. The van der Waals surface area contributed by atoms with Crippen LogP contribution in [-0.2, 0) is 3.07 Å². The Hall–Kier alpha value is -11.2. The van der Waals surface area contributed by atoms with Gasteiger partial charge in [-0.25, -0.2) is 47.9 Å². The monoisotopic (exact) mass is 1320 g/mol. The maximum Gasteiger partial charge on any atom is 0.352 e. The molecule has 2 unspecified atom stereocenters. The fourth-order valence-corrected chi connectivity index (χ4v) is 13.4. The summed E-state index contributed by atoms with van der Waals surface area (Å²) < 4.78 is 16.9. The second-order valence-electron chi connectivity index (χ2n) is 22.7. The molecule has 92 heavy (non-hydrogen) atoms. The number of nitrogens with one attached hydrogen (secondary N) is 2. The van der Waals surface area contributed by atoms with Gasteiger partial charge in [-0.3, -0.25) is 3.07 Å². The van der Waals surface area contributed by atoms with Gasteiger partial charge in [0.1, 0.15) is 0 Å². The average Bonchev–Trinajstić information content (AvgIpc) is 1.30. The molecular formula is C78H63IN8O5. The van der Waals surface area contributed by atoms with Gasteiger partial charge in [0.15, 0.2) is 21.2 Å². The number of aromatic amines is 2. The zero-order valence-electron chi connectivity index (χ0n) is 50.9. The number of aromatic nitrogens is 6. The number of anilines is 2. The number of hydrogen-bond donors (Lipinski definition) is 2. The molecular weight excluding hydrogens is 1260 g/mol. The van der Waals surface area contributed by atoms with E-state index < -0.39 is 44.7 Å². The topological polar surface area (TPSA) is 143 Å². The molecule has 17 rings (SSSR count). The van der Waals surface area contributed by atoms with Crippen molar-refractivity contribution in [2.24, 2.45) is 0 Å². The highest BCUT2D eigenvalue weighted by Crippen LogP contribution is 2.52. The van der Waals surface area contributed by atoms with Crippen molar-refractivity contribution in [3.63, 3.8) is 0 Å². The van der Waals surface area contributed by atoms with E-state index in [1.807, 2.05) is 117 Å². The SMILES string of the molecule is CN(C)c1ccc(-n2c(=O)[nH][nH]c2=O)cc1.CN(C)c1ccc(-n2c(=O)n3n(c2=O)C2C=CC3c3c2c(-c2ccccc2)c2ccccc2c3-c2ccccc2)cc1.O=Ic1ccccc1.c1ccc(-c2c3ccccc3c(-c3ccccc3)c3ccccc23)cc1. The number of halogens is 1. The molecule has 0 spiro atoms. The Morgan fingerprint density at radius 3 is 0.891 bits per heavy atom. The zero-order valence-corrected chi connectivity index (χ0v) is 53.1. The molecule has 0 saturated carbocycles. The van der Waals surface area contributed by atoms with E-state index in [1.54, 1.807) is 21.5 Å². The summed E-state index contributed by atoms with van der Waals surface area (Å²) in [7, 11) is 7.77. The van der Waals surface area contributed by atoms with Crippen LogP contribution in [0.2, 0.25) is 0 Å². The van der Waals surface area contributed by atoms with Crippen molar-refractivity contribution in [1.29, 1.82) is 0 Å². The number of benzene rings is 12. The highest BCUT2D eigenvalue weighted by atomic mass is 127. The lowest BCUT2D eigenvalue weighted by Gasteiger charge is -2.39. The van der Waals surface area contributed by atoms with Crippen molar-refractivity contribution >= 4 is 64.9 Å². The first-order valence-electron chi connectivity index (χ1n) is 30.2. The Labute approximate surface area is 540 Å². The Bertz CT molecular complexity index is 4960. The first-order valence-corrected chi connectivity index (χ1v) is 32.1. The minimum absolute atomic E-state index is 0.337. The lowest BCUT2D eigenvalue weighted by Crippen LogP contribution is -2.41. The summed E-state index contributed by atoms with van der Waals surface area (Å²) in [6.07, 6.45) is 4.17. The average molecular weight is 1320 g/mol. The third-order valence-corrected chi connectivity index (χ3v) is 18.1. The molecule has 2 aliphatic heterocycles. The quantitative estimate of drug-likeness (QED) is 0.0832. The van der Waals surface area contributed by atoms with Crippen molar-refractivity contribution < 1.29 is 3.07 Å². The van der Waals surface area contributed by atoms with Crippen LogP contribution in [0.15, 0.2) is 304 Å². The van der Waals surface area contributed by atoms with Crippen LogP contribution >= 0.6 is 21.2 Å². The summed E-state index contributed by atoms with van der Waals surface area (Å²) >= 11 is -0.941. The maximum atomic E-state index is 14.2. The van der Waals surface area contributed by atoms with Gasteiger partial charge in [0, 0.05) is 43.1 Å². The summed E-state index contributed by atoms with van der Waals surface area (Å²) in [5, 5.41) is 11.9. The van der Waals surface area contributed by atoms with Gasteiger partial charge in [0.05, 0.1) is 23.5 Å². The summed E-state index contributed by atoms with van der Waals surface area (Å²) in [4.78, 5) is 54.9. The van der Waals surface area contributed by atoms with Gasteiger partial charge in [-0.2, -0.15) is 0 Å². The van der Waals surface area contributed by atoms with E-state index in [0.29, 0.717) is 11.4 Å². The molecule has 0 fully saturated rings. The van der Waals surface area contributed by atoms with Crippen molar-refractivity contribution in [3.05, 3.63) is 342 Å². The fourth-order valence-electron chi connectivity index (χ4n) is 12.7. The number of rotatable bonds is 9. The summed E-state index contributed by atoms with van der Waals surface area (Å²) in [6, 6.07) is 91.5. The number of nitrogens with zero attached hydrogens (tertiary/aromatic N) is 6. The largest absolute Gasteiger partial charge is 0.378 e. The molecule has 2 aromatic heterocycles. The molecule has 0 saturated heterocycles. The van der Waals surface area contributed by atoms with E-state index in [1.165, 1.54) is 48.4 Å². The van der Waals surface area contributed by atoms with Crippen LogP contribution in [0.25, 0.3) is 88.2 Å². The number of H-pyrrole nitrogens is 2. The second kappa shape index (κ2) is 26.1. The lowest BCUT2D eigenvalue weighted by atomic mass is 9.75. The fraction of sp³-hybridized carbons (Fsp3) is 0.0769. The third-order valence-electron chi connectivity index (χ3n) is 16.8. The molecule has 12 aromatic carbocycles. The van der Waals surface area contributed by atoms with Gasteiger partial charge in [-0.15, -0.1) is 0 Å². The second-order valence-corrected chi connectivity index (χ2v) is 24.4. The van der Waals surface area contributed by atoms with Crippen LogP contribution in [0, 0.1) is 3.57 Å². The van der Waals surface area contributed by atoms with Gasteiger partial charge in [0.2, 0.25) is 0 Å². The van der Waals surface area contributed by atoms with E-state index in [2.05, 4.69) is 204 Å². The van der Waals surface area contributed by atoms with Crippen molar-refractivity contribution in [2.75, 3.05) is 38.0 Å². The van der Waals surface area contributed by atoms with Gasteiger partial charge in [-0.05, 0) is 149 Å². The van der Waals surface area contributed by atoms with Crippen LogP contribution in [0.4, 0.5) is 11.4 Å². The van der Waals surface area contributed by atoms with Crippen LogP contribution in [0.5, 0.6) is 0 Å². The third kappa shape index (κ3) is 11.3. The predicted octanol–water partition coefficient (Wildman–Crippen LogP) is 15.8. The first-order chi connectivity index (χ1) is 45.0. The molecule has 14 heteroatoms. The summed E-state index contributed by atoms with van der Waals surface area (Å²) in [6.45, 7) is 0. The van der Waals surface area contributed by atoms with Gasteiger partial charge < -0.3 is 9.80 Å². The Morgan fingerprint density at radius 1 is 0.326 bits per heavy atom. The Balaban J connectivity index is 0.000000130. The minimum Gasteiger partial charge on any atom is -0.378 e. The van der Waals surface area contributed by atoms with E-state index in [4.69, 9.17) is 0 Å². The number of allylic oxidation sites excluding steroid dienone is 2. The standard InChI is InChI=1S/C36H28N4O2.C26H18.C10H12N4O2.C6H5IO/c1-37(2)25-17-19-26(20-18-25)38-35(41)39-29-21-22-30(40(39)36(38)42)34-32(24-13-7-4-8-14-24)28-16-10-9-15-27(28)31(33(29)34)23-11-5-3-6-12-23;1-3-11-19(12-4-1)25-21-15-7-9-17-23(21)26(20-13-5-2-6-14-20)24-18-10-8-16-22(24)25;1-13(2)7-3-5-8(6-4-7)14-9(15)11-12-10(14)16;8-7-6-4-2-1-3-5-6/h3-22,29-30H,1-2H3;1-18H;3-6H,1-2H3,(H,11,15)(H,12,16);1-5H. The van der Waals surface area contributed by atoms with Crippen LogP contribution < -0.4 is 32.6 Å². The minimum atomic E-state index is -0.941. The number of hydrogen-bond acceptors (Lipinski definition) is 7. The van der Waals surface area contributed by atoms with Crippen LogP contribution in [0.1, 0.15) is 23.2 Å². The van der Waals surface area contributed by atoms with Gasteiger partial charge >= 0.3 is 22.8 Å². The molecule has 1 aliphatic carbocycles. The van der Waals surface area contributed by atoms with Crippen molar-refractivity contribution in [2.45, 2.75) is 12.1 Å². The van der Waals surface area contributed by atoms with Crippen molar-refractivity contribution in [1.82, 2.24) is 28.7 Å². The highest BCUT2D eigenvalue weighted by molar-refractivity contribution is 14.1. The normalized spacial score (nSPS) is 13.2. The van der Waals surface area contributed by atoms with Crippen molar-refractivity contribution in [3.8, 4) is 55.9 Å². The lowest BCUT2D eigenvalue weighted by molar-refractivity contribution is 0.373. The zero-order chi connectivity index (χ0) is 63.4. The molecule has 13 nitrogen and oxygen atoms in total. The number of fused-ring (bicyclic) bond motifs is 3. The van der Waals surface area contributed by atoms with E-state index >= 15 is 0 Å². The van der Waals surface area contributed by atoms with Crippen LogP contribution in [0.3, 0.4) is 0 Å². The molecule has 3 aliphatic rings. The molecule has 14 aromatic rings. The first kappa shape index (κ1) is 59.7. The van der Waals surface area contributed by atoms with E-state index in [0.717, 1.165) is 63.7 Å². The van der Waals surface area contributed by atoms with E-state index in [9.17, 15) is 22.2 Å². The molecule has 2 atom stereocenters. The van der Waals surface area contributed by atoms with Crippen LogP contribution in [-0.4, -0.2) is 56.9 Å². The van der Waals surface area contributed by atoms with Gasteiger partial charge in [0.25, 0.3) is 0 Å². The maximum absolute atomic E-state index is 14.2. The molecule has 2 N–H and O–H groups in total. The molecule has 2 bridgehead atoms. The van der Waals surface area contributed by atoms with E-state index in [-0.39, 0.29) is 11.4 Å².